The van der Waals surface area contributed by atoms with Gasteiger partial charge in [0.1, 0.15) is 18.3 Å². The van der Waals surface area contributed by atoms with E-state index in [1.807, 2.05) is 20.8 Å². The van der Waals surface area contributed by atoms with Crippen LogP contribution in [-0.2, 0) is 14.3 Å². The third-order valence-corrected chi connectivity index (χ3v) is 1.51. The minimum Gasteiger partial charge on any atom is -0.442 e. The third kappa shape index (κ3) is 4.43. The van der Waals surface area contributed by atoms with E-state index in [1.165, 1.54) is 7.05 Å². The molecule has 0 aromatic rings. The predicted molar refractivity (Wildman–Crippen MR) is 49.7 cm³/mol. The molecule has 1 amide bonds. The number of carbonyl (C=O) groups is 1. The topological polar surface area (TPSA) is 51.3 Å². The van der Waals surface area contributed by atoms with Crippen LogP contribution in [0.1, 0.15) is 20.8 Å². The summed E-state index contributed by atoms with van der Waals surface area (Å²) in [4.78, 5) is 16.4. The summed E-state index contributed by atoms with van der Waals surface area (Å²) in [6.45, 7) is 6.53. The summed E-state index contributed by atoms with van der Waals surface area (Å²) in [5.41, 5.74) is -0.495. The van der Waals surface area contributed by atoms with Crippen LogP contribution in [-0.4, -0.2) is 43.1 Å². The summed E-state index contributed by atoms with van der Waals surface area (Å²) in [6.07, 6.45) is -0.349. The van der Waals surface area contributed by atoms with Crippen LogP contribution in [0, 0.1) is 0 Å². The molecular weight excluding hydrogens is 186 g/mol. The van der Waals surface area contributed by atoms with E-state index in [0.717, 1.165) is 5.06 Å². The van der Waals surface area contributed by atoms with Gasteiger partial charge in [0.15, 0.2) is 0 Å². The number of epoxide rings is 1. The monoisotopic (exact) mass is 203 g/mol. The summed E-state index contributed by atoms with van der Waals surface area (Å²) < 4.78 is 10.0. The van der Waals surface area contributed by atoms with Gasteiger partial charge in [-0.2, -0.15) is 5.06 Å². The molecule has 1 aliphatic heterocycles. The molecule has 1 unspecified atom stereocenters. The molecule has 1 saturated heterocycles. The van der Waals surface area contributed by atoms with Crippen LogP contribution in [0.25, 0.3) is 0 Å². The van der Waals surface area contributed by atoms with E-state index < -0.39 is 11.7 Å². The summed E-state index contributed by atoms with van der Waals surface area (Å²) in [6, 6.07) is 0. The zero-order valence-corrected chi connectivity index (χ0v) is 9.07. The van der Waals surface area contributed by atoms with Crippen molar-refractivity contribution < 1.29 is 19.1 Å². The van der Waals surface area contributed by atoms with Crippen molar-refractivity contribution in [2.75, 3.05) is 20.3 Å². The smallest absolute Gasteiger partial charge is 0.434 e. The molecule has 14 heavy (non-hydrogen) atoms. The van der Waals surface area contributed by atoms with Crippen LogP contribution in [0.5, 0.6) is 0 Å². The highest BCUT2D eigenvalue weighted by molar-refractivity contribution is 5.66. The first kappa shape index (κ1) is 11.3. The van der Waals surface area contributed by atoms with Gasteiger partial charge in [0.05, 0.1) is 6.61 Å². The van der Waals surface area contributed by atoms with E-state index in [2.05, 4.69) is 0 Å². The Balaban J connectivity index is 2.20. The lowest BCUT2D eigenvalue weighted by atomic mass is 10.2. The zero-order valence-electron chi connectivity index (χ0n) is 9.07. The van der Waals surface area contributed by atoms with Crippen LogP contribution in [0.2, 0.25) is 0 Å². The maximum atomic E-state index is 11.3. The molecule has 1 atom stereocenters. The molecular formula is C9H17NO4. The number of carbonyl (C=O) groups excluding carboxylic acids is 1. The molecule has 1 fully saturated rings. The van der Waals surface area contributed by atoms with Gasteiger partial charge in [-0.15, -0.1) is 0 Å². The van der Waals surface area contributed by atoms with Gasteiger partial charge in [-0.1, -0.05) is 0 Å². The minimum absolute atomic E-state index is 0.139. The highest BCUT2D eigenvalue weighted by Crippen LogP contribution is 2.12. The fourth-order valence-corrected chi connectivity index (χ4v) is 0.738. The summed E-state index contributed by atoms with van der Waals surface area (Å²) in [7, 11) is 1.52. The van der Waals surface area contributed by atoms with Crippen LogP contribution in [0.15, 0.2) is 0 Å². The number of nitrogens with zero attached hydrogens (tertiary/aromatic N) is 1. The molecule has 0 spiro atoms. The second-order valence-corrected chi connectivity index (χ2v) is 4.23. The lowest BCUT2D eigenvalue weighted by Gasteiger charge is -2.23. The Bertz CT molecular complexity index is 207. The first-order valence-electron chi connectivity index (χ1n) is 4.60. The van der Waals surface area contributed by atoms with Crippen LogP contribution < -0.4 is 0 Å². The van der Waals surface area contributed by atoms with Crippen molar-refractivity contribution in [3.63, 3.8) is 0 Å². The number of hydroxylamine groups is 2. The normalized spacial score (nSPS) is 20.4. The Morgan fingerprint density at radius 3 is 2.57 bits per heavy atom. The van der Waals surface area contributed by atoms with E-state index in [1.54, 1.807) is 0 Å². The van der Waals surface area contributed by atoms with Crippen molar-refractivity contribution in [1.29, 1.82) is 0 Å². The SMILES string of the molecule is CN(OCC1CO1)C(=O)OC(C)(C)C. The van der Waals surface area contributed by atoms with Crippen molar-refractivity contribution in [3.05, 3.63) is 0 Å². The Kier molecular flexibility index (Phi) is 3.34. The standard InChI is InChI=1S/C9H17NO4/c1-9(2,3)14-8(11)10(4)13-6-7-5-12-7/h7H,5-6H2,1-4H3. The van der Waals surface area contributed by atoms with Gasteiger partial charge in [0.2, 0.25) is 0 Å². The van der Waals surface area contributed by atoms with E-state index in [0.29, 0.717) is 13.2 Å². The average Bonchev–Trinajstić information content (AvgIpc) is 2.79. The van der Waals surface area contributed by atoms with Crippen LogP contribution in [0.3, 0.4) is 0 Å². The quantitative estimate of drug-likeness (QED) is 0.510. The number of hydrogen-bond donors (Lipinski definition) is 0. The van der Waals surface area contributed by atoms with Crippen molar-refractivity contribution in [2.24, 2.45) is 0 Å². The number of hydrogen-bond acceptors (Lipinski definition) is 4. The summed E-state index contributed by atoms with van der Waals surface area (Å²) in [5, 5.41) is 1.09. The highest BCUT2D eigenvalue weighted by atomic mass is 16.7. The van der Waals surface area contributed by atoms with Crippen LogP contribution >= 0.6 is 0 Å². The van der Waals surface area contributed by atoms with E-state index in [4.69, 9.17) is 14.3 Å². The Labute approximate surface area is 83.9 Å². The second-order valence-electron chi connectivity index (χ2n) is 4.23. The van der Waals surface area contributed by atoms with E-state index in [9.17, 15) is 4.79 Å². The van der Waals surface area contributed by atoms with Crippen molar-refractivity contribution in [2.45, 2.75) is 32.5 Å². The lowest BCUT2D eigenvalue weighted by Crippen LogP contribution is -2.35. The predicted octanol–water partition coefficient (Wildman–Crippen LogP) is 1.18. The molecule has 1 heterocycles. The second kappa shape index (κ2) is 4.14. The average molecular weight is 203 g/mol. The van der Waals surface area contributed by atoms with Crippen LogP contribution in [0.4, 0.5) is 4.79 Å². The Morgan fingerprint density at radius 2 is 2.14 bits per heavy atom. The van der Waals surface area contributed by atoms with Gasteiger partial charge in [-0.05, 0) is 20.8 Å². The summed E-state index contributed by atoms with van der Waals surface area (Å²) in [5.74, 6) is 0. The molecule has 0 aromatic carbocycles. The first-order chi connectivity index (χ1) is 6.38. The van der Waals surface area contributed by atoms with E-state index in [-0.39, 0.29) is 6.10 Å². The molecule has 0 radical (unpaired) electrons. The zero-order chi connectivity index (χ0) is 10.8. The molecule has 5 nitrogen and oxygen atoms in total. The van der Waals surface area contributed by atoms with Gasteiger partial charge in [0, 0.05) is 7.05 Å². The van der Waals surface area contributed by atoms with Gasteiger partial charge in [-0.3, -0.25) is 4.84 Å². The minimum atomic E-state index is -0.495. The molecule has 82 valence electrons. The van der Waals surface area contributed by atoms with Crippen molar-refractivity contribution >= 4 is 6.09 Å². The van der Waals surface area contributed by atoms with Gasteiger partial charge in [0.25, 0.3) is 0 Å². The number of rotatable bonds is 3. The van der Waals surface area contributed by atoms with Gasteiger partial charge in [-0.25, -0.2) is 4.79 Å². The molecule has 0 saturated carbocycles. The van der Waals surface area contributed by atoms with Gasteiger partial charge >= 0.3 is 6.09 Å². The van der Waals surface area contributed by atoms with Crippen molar-refractivity contribution in [1.82, 2.24) is 5.06 Å². The fourth-order valence-electron chi connectivity index (χ4n) is 0.738. The summed E-state index contributed by atoms with van der Waals surface area (Å²) >= 11 is 0. The van der Waals surface area contributed by atoms with Crippen molar-refractivity contribution in [3.8, 4) is 0 Å². The largest absolute Gasteiger partial charge is 0.442 e. The molecule has 0 aromatic heterocycles. The third-order valence-electron chi connectivity index (χ3n) is 1.51. The molecule has 0 N–H and O–H groups in total. The maximum Gasteiger partial charge on any atom is 0.434 e. The van der Waals surface area contributed by atoms with Gasteiger partial charge < -0.3 is 9.47 Å². The maximum absolute atomic E-state index is 11.3. The Morgan fingerprint density at radius 1 is 1.57 bits per heavy atom. The first-order valence-corrected chi connectivity index (χ1v) is 4.60. The Hall–Kier alpha value is -0.810. The molecule has 0 aliphatic carbocycles. The fraction of sp³-hybridized carbons (Fsp3) is 0.889. The van der Waals surface area contributed by atoms with E-state index >= 15 is 0 Å². The number of ether oxygens (including phenoxy) is 2. The molecule has 1 rings (SSSR count). The molecule has 0 bridgehead atoms. The highest BCUT2D eigenvalue weighted by Gasteiger charge is 2.26. The number of amides is 1. The lowest BCUT2D eigenvalue weighted by molar-refractivity contribution is -0.134. The molecule has 1 aliphatic rings. The molecule has 5 heteroatoms.